The topological polar surface area (TPSA) is 61.9 Å². The number of carbonyl (C=O) groups excluding carboxylic acids is 2. The molecular formula is C32H37ClFN3O3. The smallest absolute Gasteiger partial charge is 0.246 e. The number of hydrogen-bond donors (Lipinski definition) is 1. The molecule has 2 saturated heterocycles. The van der Waals surface area contributed by atoms with E-state index in [-0.39, 0.29) is 42.5 Å². The number of piperidine rings is 1. The number of likely N-dealkylation sites (tertiary alicyclic amines) is 1. The highest BCUT2D eigenvalue weighted by Crippen LogP contribution is 2.36. The summed E-state index contributed by atoms with van der Waals surface area (Å²) in [6.45, 7) is 6.21. The van der Waals surface area contributed by atoms with Gasteiger partial charge in [0.2, 0.25) is 11.8 Å². The van der Waals surface area contributed by atoms with Crippen LogP contribution in [0.2, 0.25) is 0 Å². The molecule has 2 aliphatic heterocycles. The van der Waals surface area contributed by atoms with E-state index in [1.807, 2.05) is 56.3 Å². The molecule has 40 heavy (non-hydrogen) atoms. The van der Waals surface area contributed by atoms with Crippen molar-refractivity contribution < 1.29 is 18.7 Å². The zero-order valence-electron chi connectivity index (χ0n) is 23.0. The fraction of sp³-hybridized carbons (Fsp3) is 0.375. The Morgan fingerprint density at radius 1 is 0.900 bits per heavy atom. The third-order valence-electron chi connectivity index (χ3n) is 7.79. The first kappa shape index (κ1) is 29.6. The number of rotatable bonds is 8. The summed E-state index contributed by atoms with van der Waals surface area (Å²) in [6, 6.07) is 23.6. The fourth-order valence-corrected chi connectivity index (χ4v) is 5.66. The molecule has 212 valence electrons. The van der Waals surface area contributed by atoms with Crippen LogP contribution in [0.4, 0.5) is 4.39 Å². The maximum atomic E-state index is 14.6. The minimum absolute atomic E-state index is 0. The molecule has 0 bridgehead atoms. The second kappa shape index (κ2) is 12.8. The normalized spacial score (nSPS) is 18.9. The predicted octanol–water partition coefficient (Wildman–Crippen LogP) is 5.95. The van der Waals surface area contributed by atoms with Gasteiger partial charge in [0.25, 0.3) is 0 Å². The third-order valence-corrected chi connectivity index (χ3v) is 7.79. The highest BCUT2D eigenvalue weighted by Gasteiger charge is 2.53. The Bertz CT molecular complexity index is 1290. The Morgan fingerprint density at radius 2 is 1.52 bits per heavy atom. The van der Waals surface area contributed by atoms with Gasteiger partial charge in [0, 0.05) is 31.7 Å². The SMILES string of the molecule is CC(C)CC1NC(=O)C2(CCN(Cc3ccc(Oc4ccccc4)cc3)CC2)N(Cc2ccccc2F)C1=O.Cl. The third kappa shape index (κ3) is 6.48. The monoisotopic (exact) mass is 565 g/mol. The van der Waals surface area contributed by atoms with E-state index in [4.69, 9.17) is 4.74 Å². The fourth-order valence-electron chi connectivity index (χ4n) is 5.66. The maximum absolute atomic E-state index is 14.6. The quantitative estimate of drug-likeness (QED) is 0.367. The van der Waals surface area contributed by atoms with Crippen molar-refractivity contribution in [2.24, 2.45) is 5.92 Å². The molecule has 5 rings (SSSR count). The van der Waals surface area contributed by atoms with Crippen molar-refractivity contribution in [3.05, 3.63) is 95.8 Å². The van der Waals surface area contributed by atoms with E-state index in [1.165, 1.54) is 6.07 Å². The molecule has 2 heterocycles. The molecule has 0 aromatic heterocycles. The van der Waals surface area contributed by atoms with Crippen LogP contribution < -0.4 is 10.1 Å². The maximum Gasteiger partial charge on any atom is 0.246 e. The number of benzene rings is 3. The summed E-state index contributed by atoms with van der Waals surface area (Å²) < 4.78 is 20.5. The summed E-state index contributed by atoms with van der Waals surface area (Å²) in [7, 11) is 0. The second-order valence-electron chi connectivity index (χ2n) is 11.0. The number of para-hydroxylation sites is 1. The van der Waals surface area contributed by atoms with Gasteiger partial charge in [-0.3, -0.25) is 14.5 Å². The van der Waals surface area contributed by atoms with Crippen LogP contribution in [0.15, 0.2) is 78.9 Å². The van der Waals surface area contributed by atoms with Crippen molar-refractivity contribution in [1.29, 1.82) is 0 Å². The van der Waals surface area contributed by atoms with Crippen molar-refractivity contribution >= 4 is 24.2 Å². The van der Waals surface area contributed by atoms with Crippen LogP contribution in [0.1, 0.15) is 44.2 Å². The van der Waals surface area contributed by atoms with Crippen LogP contribution in [0.5, 0.6) is 11.5 Å². The van der Waals surface area contributed by atoms with Gasteiger partial charge in [-0.1, -0.05) is 62.4 Å². The molecule has 8 heteroatoms. The number of carbonyl (C=O) groups is 2. The van der Waals surface area contributed by atoms with Crippen LogP contribution in [0.25, 0.3) is 0 Å². The number of amides is 2. The number of nitrogens with zero attached hydrogens (tertiary/aromatic N) is 2. The van der Waals surface area contributed by atoms with E-state index in [9.17, 15) is 14.0 Å². The molecule has 2 aliphatic rings. The molecule has 1 spiro atoms. The second-order valence-corrected chi connectivity index (χ2v) is 11.0. The van der Waals surface area contributed by atoms with Gasteiger partial charge in [0.05, 0.1) is 0 Å². The van der Waals surface area contributed by atoms with Gasteiger partial charge < -0.3 is 15.0 Å². The lowest BCUT2D eigenvalue weighted by atomic mass is 9.80. The Hall–Kier alpha value is -3.42. The molecule has 2 fully saturated rings. The number of hydrogen-bond acceptors (Lipinski definition) is 4. The largest absolute Gasteiger partial charge is 0.457 e. The summed E-state index contributed by atoms with van der Waals surface area (Å²) in [5.41, 5.74) is 0.607. The molecule has 3 aromatic rings. The lowest BCUT2D eigenvalue weighted by Gasteiger charge is -2.52. The Kier molecular flexibility index (Phi) is 9.48. The lowest BCUT2D eigenvalue weighted by molar-refractivity contribution is -0.162. The van der Waals surface area contributed by atoms with E-state index in [1.54, 1.807) is 23.1 Å². The van der Waals surface area contributed by atoms with Crippen LogP contribution >= 0.6 is 12.4 Å². The van der Waals surface area contributed by atoms with Crippen molar-refractivity contribution in [1.82, 2.24) is 15.1 Å². The van der Waals surface area contributed by atoms with Crippen molar-refractivity contribution in [3.63, 3.8) is 0 Å². The van der Waals surface area contributed by atoms with Gasteiger partial charge in [-0.25, -0.2) is 4.39 Å². The lowest BCUT2D eigenvalue weighted by Crippen LogP contribution is -2.72. The highest BCUT2D eigenvalue weighted by atomic mass is 35.5. The zero-order chi connectivity index (χ0) is 27.4. The summed E-state index contributed by atoms with van der Waals surface area (Å²) in [4.78, 5) is 31.3. The van der Waals surface area contributed by atoms with Gasteiger partial charge in [0.1, 0.15) is 28.9 Å². The molecule has 0 saturated carbocycles. The summed E-state index contributed by atoms with van der Waals surface area (Å²) in [6.07, 6.45) is 1.57. The Balaban J connectivity index is 0.00000370. The van der Waals surface area contributed by atoms with E-state index >= 15 is 0 Å². The first-order chi connectivity index (χ1) is 18.8. The molecule has 0 radical (unpaired) electrons. The van der Waals surface area contributed by atoms with Crippen LogP contribution in [-0.2, 0) is 22.7 Å². The zero-order valence-corrected chi connectivity index (χ0v) is 23.8. The predicted molar refractivity (Wildman–Crippen MR) is 156 cm³/mol. The molecule has 2 amide bonds. The summed E-state index contributed by atoms with van der Waals surface area (Å²) in [5.74, 6) is 1.22. The standard InChI is InChI=1S/C32H36FN3O3.ClH/c1-23(2)20-29-30(37)36(22-25-8-6-7-11-28(25)33)32(31(38)34-29)16-18-35(19-17-32)21-24-12-14-27(15-13-24)39-26-9-4-3-5-10-26;/h3-15,23,29H,16-22H2,1-2H3,(H,34,38);1H. The summed E-state index contributed by atoms with van der Waals surface area (Å²) in [5, 5.41) is 3.02. The van der Waals surface area contributed by atoms with E-state index in [0.29, 0.717) is 37.9 Å². The molecule has 3 aromatic carbocycles. The van der Waals surface area contributed by atoms with Crippen molar-refractivity contribution in [2.75, 3.05) is 13.1 Å². The number of ether oxygens (including phenoxy) is 1. The molecule has 6 nitrogen and oxygen atoms in total. The van der Waals surface area contributed by atoms with E-state index in [2.05, 4.69) is 22.3 Å². The highest BCUT2D eigenvalue weighted by molar-refractivity contribution is 6.00. The van der Waals surface area contributed by atoms with Gasteiger partial charge >= 0.3 is 0 Å². The van der Waals surface area contributed by atoms with Crippen LogP contribution in [0.3, 0.4) is 0 Å². The van der Waals surface area contributed by atoms with Crippen molar-refractivity contribution in [3.8, 4) is 11.5 Å². The van der Waals surface area contributed by atoms with Gasteiger partial charge in [-0.2, -0.15) is 0 Å². The van der Waals surface area contributed by atoms with Gasteiger partial charge in [-0.05, 0) is 61.1 Å². The first-order valence-corrected chi connectivity index (χ1v) is 13.7. The molecule has 1 N–H and O–H groups in total. The number of piperazine rings is 1. The average Bonchev–Trinajstić information content (AvgIpc) is 2.93. The molecule has 1 atom stereocenters. The number of nitrogens with one attached hydrogen (secondary N) is 1. The van der Waals surface area contributed by atoms with E-state index in [0.717, 1.165) is 23.6 Å². The van der Waals surface area contributed by atoms with Gasteiger partial charge in [-0.15, -0.1) is 12.4 Å². The summed E-state index contributed by atoms with van der Waals surface area (Å²) >= 11 is 0. The minimum atomic E-state index is -0.975. The first-order valence-electron chi connectivity index (χ1n) is 13.7. The van der Waals surface area contributed by atoms with Gasteiger partial charge in [0.15, 0.2) is 0 Å². The molecule has 1 unspecified atom stereocenters. The molecule has 0 aliphatic carbocycles. The Morgan fingerprint density at radius 3 is 2.17 bits per heavy atom. The minimum Gasteiger partial charge on any atom is -0.457 e. The number of halogens is 2. The van der Waals surface area contributed by atoms with Crippen molar-refractivity contribution in [2.45, 2.75) is 57.8 Å². The van der Waals surface area contributed by atoms with Crippen LogP contribution in [-0.4, -0.2) is 46.3 Å². The Labute approximate surface area is 241 Å². The molecular weight excluding hydrogens is 529 g/mol. The van der Waals surface area contributed by atoms with Crippen LogP contribution in [0, 0.1) is 11.7 Å². The van der Waals surface area contributed by atoms with E-state index < -0.39 is 11.6 Å². The average molecular weight is 566 g/mol.